The van der Waals surface area contributed by atoms with E-state index in [1.807, 2.05) is 0 Å². The molecule has 1 aliphatic rings. The summed E-state index contributed by atoms with van der Waals surface area (Å²) in [4.78, 5) is 11.4. The lowest BCUT2D eigenvalue weighted by Crippen LogP contribution is -2.31. The lowest BCUT2D eigenvalue weighted by molar-refractivity contribution is -0.120. The van der Waals surface area contributed by atoms with Gasteiger partial charge in [-0.25, -0.2) is 8.78 Å². The third-order valence-electron chi connectivity index (χ3n) is 2.59. The van der Waals surface area contributed by atoms with Crippen LogP contribution >= 0.6 is 0 Å². The molecule has 1 saturated carbocycles. The van der Waals surface area contributed by atoms with Crippen LogP contribution in [0.5, 0.6) is 0 Å². The standard InChI is InChI=1S/C11H12F2N2O/c12-7-2-1-3-8(13)6(7)4-11(16)15-10-5-9(10)14/h1-3,9-10H,4-5,14H2,(H,15,16). The summed E-state index contributed by atoms with van der Waals surface area (Å²) in [5, 5.41) is 2.61. The molecule has 0 aliphatic heterocycles. The summed E-state index contributed by atoms with van der Waals surface area (Å²) in [6.45, 7) is 0. The van der Waals surface area contributed by atoms with Crippen LogP contribution in [0.1, 0.15) is 12.0 Å². The normalized spacial score (nSPS) is 22.9. The molecule has 0 radical (unpaired) electrons. The quantitative estimate of drug-likeness (QED) is 0.798. The van der Waals surface area contributed by atoms with Crippen molar-refractivity contribution in [1.82, 2.24) is 5.32 Å². The van der Waals surface area contributed by atoms with Crippen LogP contribution in [0.2, 0.25) is 0 Å². The van der Waals surface area contributed by atoms with E-state index in [4.69, 9.17) is 5.73 Å². The van der Waals surface area contributed by atoms with Gasteiger partial charge < -0.3 is 11.1 Å². The van der Waals surface area contributed by atoms with E-state index in [1.54, 1.807) is 0 Å². The summed E-state index contributed by atoms with van der Waals surface area (Å²) in [7, 11) is 0. The van der Waals surface area contributed by atoms with Gasteiger partial charge >= 0.3 is 0 Å². The van der Waals surface area contributed by atoms with Gasteiger partial charge in [-0.1, -0.05) is 6.07 Å². The summed E-state index contributed by atoms with van der Waals surface area (Å²) in [6.07, 6.45) is 0.438. The third kappa shape index (κ3) is 2.36. The highest BCUT2D eigenvalue weighted by Crippen LogP contribution is 2.18. The number of halogens is 2. The van der Waals surface area contributed by atoms with Crippen molar-refractivity contribution >= 4 is 5.91 Å². The highest BCUT2D eigenvalue weighted by Gasteiger charge is 2.34. The van der Waals surface area contributed by atoms with Gasteiger partial charge in [0.05, 0.1) is 6.42 Å². The summed E-state index contributed by atoms with van der Waals surface area (Å²) in [6, 6.07) is 3.48. The van der Waals surface area contributed by atoms with Crippen LogP contribution < -0.4 is 11.1 Å². The van der Waals surface area contributed by atoms with Crippen molar-refractivity contribution < 1.29 is 13.6 Å². The predicted octanol–water partition coefficient (Wildman–Crippen LogP) is 0.723. The molecule has 1 aromatic rings. The van der Waals surface area contributed by atoms with Crippen molar-refractivity contribution in [3.63, 3.8) is 0 Å². The first kappa shape index (κ1) is 11.0. The summed E-state index contributed by atoms with van der Waals surface area (Å²) >= 11 is 0. The van der Waals surface area contributed by atoms with Gasteiger partial charge in [0, 0.05) is 17.6 Å². The second-order valence-electron chi connectivity index (χ2n) is 3.95. The Balaban J connectivity index is 2.00. The zero-order chi connectivity index (χ0) is 11.7. The minimum absolute atomic E-state index is 0.0191. The molecule has 3 N–H and O–H groups in total. The van der Waals surface area contributed by atoms with Gasteiger partial charge in [0.2, 0.25) is 5.91 Å². The van der Waals surface area contributed by atoms with Crippen molar-refractivity contribution in [1.29, 1.82) is 0 Å². The molecule has 0 heterocycles. The SMILES string of the molecule is NC1CC1NC(=O)Cc1c(F)cccc1F. The Labute approximate surface area is 91.6 Å². The molecule has 0 bridgehead atoms. The second kappa shape index (κ2) is 4.17. The van der Waals surface area contributed by atoms with E-state index < -0.39 is 17.5 Å². The first-order valence-electron chi connectivity index (χ1n) is 5.06. The number of carbonyl (C=O) groups excluding carboxylic acids is 1. The van der Waals surface area contributed by atoms with E-state index in [-0.39, 0.29) is 24.1 Å². The topological polar surface area (TPSA) is 55.1 Å². The highest BCUT2D eigenvalue weighted by molar-refractivity contribution is 5.79. The molecule has 86 valence electrons. The van der Waals surface area contributed by atoms with Crippen LogP contribution in [0.15, 0.2) is 18.2 Å². The van der Waals surface area contributed by atoms with Gasteiger partial charge in [0.15, 0.2) is 0 Å². The average Bonchev–Trinajstić information content (AvgIpc) is 2.88. The maximum absolute atomic E-state index is 13.2. The van der Waals surface area contributed by atoms with Crippen LogP contribution in [0.25, 0.3) is 0 Å². The summed E-state index contributed by atoms with van der Waals surface area (Å²) < 4.78 is 26.4. The number of rotatable bonds is 3. The predicted molar refractivity (Wildman–Crippen MR) is 54.6 cm³/mol. The average molecular weight is 226 g/mol. The first-order chi connectivity index (χ1) is 7.58. The van der Waals surface area contributed by atoms with Crippen LogP contribution in [-0.2, 0) is 11.2 Å². The van der Waals surface area contributed by atoms with E-state index in [0.717, 1.165) is 18.6 Å². The molecule has 5 heteroatoms. The van der Waals surface area contributed by atoms with Gasteiger partial charge in [-0.2, -0.15) is 0 Å². The van der Waals surface area contributed by atoms with Crippen molar-refractivity contribution in [3.8, 4) is 0 Å². The molecule has 2 unspecified atom stereocenters. The van der Waals surface area contributed by atoms with Gasteiger partial charge in [0.25, 0.3) is 0 Å². The van der Waals surface area contributed by atoms with Gasteiger partial charge in [-0.3, -0.25) is 4.79 Å². The third-order valence-corrected chi connectivity index (χ3v) is 2.59. The summed E-state index contributed by atoms with van der Waals surface area (Å²) in [5.41, 5.74) is 5.31. The van der Waals surface area contributed by atoms with Crippen molar-refractivity contribution in [3.05, 3.63) is 35.4 Å². The Morgan fingerprint density at radius 1 is 1.44 bits per heavy atom. The van der Waals surface area contributed by atoms with Crippen LogP contribution in [0.4, 0.5) is 8.78 Å². The fourth-order valence-corrected chi connectivity index (χ4v) is 1.50. The molecular weight excluding hydrogens is 214 g/mol. The first-order valence-corrected chi connectivity index (χ1v) is 5.06. The molecule has 16 heavy (non-hydrogen) atoms. The molecule has 2 rings (SSSR count). The highest BCUT2D eigenvalue weighted by atomic mass is 19.1. The maximum Gasteiger partial charge on any atom is 0.224 e. The van der Waals surface area contributed by atoms with Crippen molar-refractivity contribution in [2.24, 2.45) is 5.73 Å². The minimum atomic E-state index is -0.699. The van der Waals surface area contributed by atoms with Crippen molar-refractivity contribution in [2.45, 2.75) is 24.9 Å². The number of nitrogens with one attached hydrogen (secondary N) is 1. The minimum Gasteiger partial charge on any atom is -0.351 e. The van der Waals surface area contributed by atoms with Gasteiger partial charge in [-0.05, 0) is 18.6 Å². The van der Waals surface area contributed by atoms with Gasteiger partial charge in [-0.15, -0.1) is 0 Å². The van der Waals surface area contributed by atoms with Crippen LogP contribution in [-0.4, -0.2) is 18.0 Å². The fourth-order valence-electron chi connectivity index (χ4n) is 1.50. The van der Waals surface area contributed by atoms with E-state index in [9.17, 15) is 13.6 Å². The Morgan fingerprint density at radius 2 is 2.00 bits per heavy atom. The zero-order valence-electron chi connectivity index (χ0n) is 8.54. The number of amides is 1. The molecule has 1 fully saturated rings. The monoisotopic (exact) mass is 226 g/mol. The molecule has 2 atom stereocenters. The maximum atomic E-state index is 13.2. The molecular formula is C11H12F2N2O. The Kier molecular flexibility index (Phi) is 2.87. The largest absolute Gasteiger partial charge is 0.351 e. The van der Waals surface area contributed by atoms with E-state index in [0.29, 0.717) is 0 Å². The fraction of sp³-hybridized carbons (Fsp3) is 0.364. The number of carbonyl (C=O) groups is 1. The van der Waals surface area contributed by atoms with E-state index in [1.165, 1.54) is 6.07 Å². The molecule has 0 spiro atoms. The second-order valence-corrected chi connectivity index (χ2v) is 3.95. The van der Waals surface area contributed by atoms with E-state index in [2.05, 4.69) is 5.32 Å². The van der Waals surface area contributed by atoms with Gasteiger partial charge in [0.1, 0.15) is 11.6 Å². The van der Waals surface area contributed by atoms with Crippen molar-refractivity contribution in [2.75, 3.05) is 0 Å². The number of hydrogen-bond acceptors (Lipinski definition) is 2. The molecule has 1 aliphatic carbocycles. The molecule has 3 nitrogen and oxygen atoms in total. The lowest BCUT2D eigenvalue weighted by Gasteiger charge is -2.05. The summed E-state index contributed by atoms with van der Waals surface area (Å²) in [5.74, 6) is -1.80. The Hall–Kier alpha value is -1.49. The molecule has 1 amide bonds. The number of nitrogens with two attached hydrogens (primary N) is 1. The van der Waals surface area contributed by atoms with E-state index >= 15 is 0 Å². The number of hydrogen-bond donors (Lipinski definition) is 2. The molecule has 0 saturated heterocycles. The Morgan fingerprint density at radius 3 is 2.50 bits per heavy atom. The molecule has 0 aromatic heterocycles. The molecule has 1 aromatic carbocycles. The zero-order valence-corrected chi connectivity index (χ0v) is 8.54. The van der Waals surface area contributed by atoms with Crippen LogP contribution in [0, 0.1) is 11.6 Å². The number of benzene rings is 1. The smallest absolute Gasteiger partial charge is 0.224 e. The Bertz CT molecular complexity index is 402. The lowest BCUT2D eigenvalue weighted by atomic mass is 10.1. The van der Waals surface area contributed by atoms with Crippen LogP contribution in [0.3, 0.4) is 0 Å².